The lowest BCUT2D eigenvalue weighted by Gasteiger charge is -2.35. The molecule has 0 aromatic heterocycles. The van der Waals surface area contributed by atoms with E-state index in [-0.39, 0.29) is 29.8 Å². The van der Waals surface area contributed by atoms with E-state index in [1.807, 2.05) is 68.4 Å². The van der Waals surface area contributed by atoms with Crippen molar-refractivity contribution in [1.82, 2.24) is 10.2 Å². The molecule has 4 aromatic carbocycles. The molecule has 0 radical (unpaired) electrons. The third kappa shape index (κ3) is 8.62. The van der Waals surface area contributed by atoms with Crippen molar-refractivity contribution < 1.29 is 18.0 Å². The smallest absolute Gasteiger partial charge is 0.264 e. The molecule has 5 rings (SSSR count). The normalized spacial score (nSPS) is 14.3. The molecule has 0 bridgehead atoms. The van der Waals surface area contributed by atoms with Gasteiger partial charge in [0.25, 0.3) is 10.0 Å². The number of carbonyl (C=O) groups is 2. The number of anilines is 1. The lowest BCUT2D eigenvalue weighted by molar-refractivity contribution is -0.140. The van der Waals surface area contributed by atoms with Crippen molar-refractivity contribution in [3.63, 3.8) is 0 Å². The summed E-state index contributed by atoms with van der Waals surface area (Å²) < 4.78 is 29.6. The van der Waals surface area contributed by atoms with Crippen LogP contribution in [0.2, 0.25) is 5.02 Å². The maximum Gasteiger partial charge on any atom is 0.264 e. The van der Waals surface area contributed by atoms with Gasteiger partial charge >= 0.3 is 0 Å². The zero-order valence-corrected chi connectivity index (χ0v) is 28.5. The van der Waals surface area contributed by atoms with Crippen LogP contribution in [0.5, 0.6) is 0 Å². The number of halogens is 1. The number of benzene rings is 4. The Hall–Kier alpha value is -4.14. The van der Waals surface area contributed by atoms with Crippen LogP contribution in [0.4, 0.5) is 5.69 Å². The van der Waals surface area contributed by atoms with Crippen LogP contribution in [0.25, 0.3) is 0 Å². The summed E-state index contributed by atoms with van der Waals surface area (Å²) in [4.78, 5) is 30.5. The fourth-order valence-corrected chi connectivity index (χ4v) is 7.66. The first-order valence-corrected chi connectivity index (χ1v) is 18.0. The van der Waals surface area contributed by atoms with Crippen LogP contribution in [-0.4, -0.2) is 43.8 Å². The Labute approximate surface area is 283 Å². The molecule has 0 saturated heterocycles. The average molecular weight is 672 g/mol. The second kappa shape index (κ2) is 15.6. The third-order valence-corrected chi connectivity index (χ3v) is 11.1. The standard InChI is InChI=1S/C38H42ClN3O4S/c1-28-22-23-33(24-29(28)2)42(47(45,46)34-19-10-5-11-20-34)27-37(43)41(26-31-16-12-13-21-35(31)39)36(25-30-14-6-3-7-15-30)38(44)40-32-17-8-4-9-18-32/h3,5-7,10-16,19-24,32,36H,4,8-9,17-18,25-27H2,1-2H3,(H,40,44)/t36-/m1/s1. The Bertz CT molecular complexity index is 1780. The van der Waals surface area contributed by atoms with E-state index in [9.17, 15) is 18.0 Å². The summed E-state index contributed by atoms with van der Waals surface area (Å²) in [6.45, 7) is 3.38. The molecule has 1 aliphatic carbocycles. The highest BCUT2D eigenvalue weighted by Gasteiger charge is 2.35. The summed E-state index contributed by atoms with van der Waals surface area (Å²) in [5.41, 5.74) is 3.81. The van der Waals surface area contributed by atoms with Gasteiger partial charge in [-0.05, 0) is 79.3 Å². The molecule has 2 amide bonds. The van der Waals surface area contributed by atoms with Crippen LogP contribution in [-0.2, 0) is 32.6 Å². The van der Waals surface area contributed by atoms with E-state index < -0.39 is 28.5 Å². The number of aryl methyl sites for hydroxylation is 2. The number of nitrogens with one attached hydrogen (secondary N) is 1. The lowest BCUT2D eigenvalue weighted by Crippen LogP contribution is -2.55. The van der Waals surface area contributed by atoms with Crippen LogP contribution < -0.4 is 9.62 Å². The number of sulfonamides is 1. The molecular weight excluding hydrogens is 630 g/mol. The molecule has 1 atom stereocenters. The zero-order chi connectivity index (χ0) is 33.4. The molecule has 1 fully saturated rings. The topological polar surface area (TPSA) is 86.8 Å². The molecule has 4 aromatic rings. The van der Waals surface area contributed by atoms with Crippen LogP contribution >= 0.6 is 11.6 Å². The highest BCUT2D eigenvalue weighted by molar-refractivity contribution is 7.92. The number of carbonyl (C=O) groups excluding carboxylic acids is 2. The summed E-state index contributed by atoms with van der Waals surface area (Å²) in [6.07, 6.45) is 5.25. The SMILES string of the molecule is Cc1ccc(N(CC(=O)N(Cc2ccccc2Cl)[C@H](Cc2ccccc2)C(=O)NC2CCCCC2)S(=O)(=O)c2ccccc2)cc1C. The maximum absolute atomic E-state index is 14.7. The van der Waals surface area contributed by atoms with Gasteiger partial charge in [-0.1, -0.05) is 104 Å². The Morgan fingerprint density at radius 3 is 2.13 bits per heavy atom. The van der Waals surface area contributed by atoms with Crippen molar-refractivity contribution in [1.29, 1.82) is 0 Å². The van der Waals surface area contributed by atoms with Gasteiger partial charge in [-0.15, -0.1) is 0 Å². The molecule has 1 aliphatic rings. The Kier molecular flexibility index (Phi) is 11.4. The van der Waals surface area contributed by atoms with E-state index in [0.29, 0.717) is 16.3 Å². The van der Waals surface area contributed by atoms with Crippen LogP contribution in [0.3, 0.4) is 0 Å². The van der Waals surface area contributed by atoms with Gasteiger partial charge in [0.1, 0.15) is 12.6 Å². The van der Waals surface area contributed by atoms with E-state index in [2.05, 4.69) is 5.32 Å². The Balaban J connectivity index is 1.58. The van der Waals surface area contributed by atoms with Gasteiger partial charge in [0.2, 0.25) is 11.8 Å². The molecule has 0 aliphatic heterocycles. The minimum Gasteiger partial charge on any atom is -0.352 e. The molecule has 0 unspecified atom stereocenters. The van der Waals surface area contributed by atoms with Crippen molar-refractivity contribution in [3.05, 3.63) is 130 Å². The maximum atomic E-state index is 14.7. The van der Waals surface area contributed by atoms with Crippen LogP contribution in [0, 0.1) is 13.8 Å². The highest BCUT2D eigenvalue weighted by atomic mass is 35.5. The molecule has 246 valence electrons. The molecule has 0 heterocycles. The van der Waals surface area contributed by atoms with Crippen molar-refractivity contribution >= 4 is 39.1 Å². The first-order valence-electron chi connectivity index (χ1n) is 16.2. The third-order valence-electron chi connectivity index (χ3n) is 8.91. The second-order valence-electron chi connectivity index (χ2n) is 12.3. The van der Waals surface area contributed by atoms with Gasteiger partial charge < -0.3 is 10.2 Å². The largest absolute Gasteiger partial charge is 0.352 e. The van der Waals surface area contributed by atoms with Crippen molar-refractivity contribution in [3.8, 4) is 0 Å². The fraction of sp³-hybridized carbons (Fsp3) is 0.316. The minimum absolute atomic E-state index is 0.0253. The molecule has 7 nitrogen and oxygen atoms in total. The average Bonchev–Trinajstić information content (AvgIpc) is 3.08. The number of nitrogens with zero attached hydrogens (tertiary/aromatic N) is 2. The summed E-state index contributed by atoms with van der Waals surface area (Å²) >= 11 is 6.61. The van der Waals surface area contributed by atoms with Gasteiger partial charge in [0.05, 0.1) is 10.6 Å². The van der Waals surface area contributed by atoms with E-state index in [0.717, 1.165) is 53.1 Å². The highest BCUT2D eigenvalue weighted by Crippen LogP contribution is 2.28. The van der Waals surface area contributed by atoms with Gasteiger partial charge in [-0.25, -0.2) is 8.42 Å². The molecule has 0 spiro atoms. The van der Waals surface area contributed by atoms with Gasteiger partial charge in [0.15, 0.2) is 0 Å². The monoisotopic (exact) mass is 671 g/mol. The Morgan fingerprint density at radius 2 is 1.47 bits per heavy atom. The number of hydrogen-bond acceptors (Lipinski definition) is 4. The van der Waals surface area contributed by atoms with Crippen molar-refractivity contribution in [2.24, 2.45) is 0 Å². The van der Waals surface area contributed by atoms with E-state index in [1.54, 1.807) is 36.4 Å². The van der Waals surface area contributed by atoms with Crippen LogP contribution in [0.1, 0.15) is 54.4 Å². The van der Waals surface area contributed by atoms with Crippen molar-refractivity contribution in [2.45, 2.75) is 75.9 Å². The molecule has 1 N–H and O–H groups in total. The second-order valence-corrected chi connectivity index (χ2v) is 14.5. The van der Waals surface area contributed by atoms with Gasteiger partial charge in [-0.3, -0.25) is 13.9 Å². The number of hydrogen-bond donors (Lipinski definition) is 1. The molecule has 1 saturated carbocycles. The molecular formula is C38H42ClN3O4S. The Morgan fingerprint density at radius 1 is 0.830 bits per heavy atom. The number of amides is 2. The summed E-state index contributed by atoms with van der Waals surface area (Å²) in [6, 6.07) is 29.3. The number of rotatable bonds is 12. The van der Waals surface area contributed by atoms with E-state index >= 15 is 0 Å². The minimum atomic E-state index is -4.16. The first-order chi connectivity index (χ1) is 22.6. The van der Waals surface area contributed by atoms with E-state index in [1.165, 1.54) is 17.0 Å². The van der Waals surface area contributed by atoms with Crippen molar-refractivity contribution in [2.75, 3.05) is 10.8 Å². The quantitative estimate of drug-likeness (QED) is 0.172. The molecule has 47 heavy (non-hydrogen) atoms. The van der Waals surface area contributed by atoms with Gasteiger partial charge in [0, 0.05) is 24.0 Å². The fourth-order valence-electron chi connectivity index (χ4n) is 6.04. The lowest BCUT2D eigenvalue weighted by atomic mass is 9.94. The predicted octanol–water partition coefficient (Wildman–Crippen LogP) is 7.24. The zero-order valence-electron chi connectivity index (χ0n) is 26.9. The summed E-state index contributed by atoms with van der Waals surface area (Å²) in [5.74, 6) is -0.771. The van der Waals surface area contributed by atoms with Crippen LogP contribution in [0.15, 0.2) is 108 Å². The summed E-state index contributed by atoms with van der Waals surface area (Å²) in [7, 11) is -4.16. The first kappa shape index (κ1) is 34.2. The molecule has 9 heteroatoms. The predicted molar refractivity (Wildman–Crippen MR) is 188 cm³/mol. The van der Waals surface area contributed by atoms with E-state index in [4.69, 9.17) is 11.6 Å². The van der Waals surface area contributed by atoms with Gasteiger partial charge in [-0.2, -0.15) is 0 Å². The summed E-state index contributed by atoms with van der Waals surface area (Å²) in [5, 5.41) is 3.69.